The van der Waals surface area contributed by atoms with E-state index in [0.717, 1.165) is 4.13 Å². The highest BCUT2D eigenvalue weighted by atomic mass is 32.3. The van der Waals surface area contributed by atoms with Crippen molar-refractivity contribution in [2.45, 2.75) is 39.2 Å². The molecule has 21 heavy (non-hydrogen) atoms. The van der Waals surface area contributed by atoms with Gasteiger partial charge in [-0.2, -0.15) is 0 Å². The molecule has 0 atom stereocenters. The number of halogens is 2. The van der Waals surface area contributed by atoms with Crippen molar-refractivity contribution in [2.24, 2.45) is 7.05 Å². The fourth-order valence-corrected chi connectivity index (χ4v) is 2.31. The van der Waals surface area contributed by atoms with E-state index in [-0.39, 0.29) is 0 Å². The van der Waals surface area contributed by atoms with Gasteiger partial charge >= 0.3 is 0 Å². The molecular formula is C10H19F2N3O4S2. The third-order valence-corrected chi connectivity index (χ3v) is 3.70. The summed E-state index contributed by atoms with van der Waals surface area (Å²) < 4.78 is 64.4. The van der Waals surface area contributed by atoms with E-state index in [1.165, 1.54) is 32.2 Å². The maximum absolute atomic E-state index is 11.1. The van der Waals surface area contributed by atoms with Gasteiger partial charge in [0.25, 0.3) is 0 Å². The van der Waals surface area contributed by atoms with Gasteiger partial charge in [0, 0.05) is 0 Å². The Labute approximate surface area is 124 Å². The normalized spacial score (nSPS) is 11.8. The Hall–Kier alpha value is -1.07. The molecular weight excluding hydrogens is 328 g/mol. The topological polar surface area (TPSA) is 91.2 Å². The first kappa shape index (κ1) is 19.9. The summed E-state index contributed by atoms with van der Waals surface area (Å²) in [6.45, 7) is 3.41. The molecule has 0 bridgehead atoms. The van der Waals surface area contributed by atoms with Crippen LogP contribution < -0.4 is 4.57 Å². The quantitative estimate of drug-likeness (QED) is 0.426. The van der Waals surface area contributed by atoms with Crippen LogP contribution in [0.5, 0.6) is 0 Å². The molecule has 0 N–H and O–H groups in total. The molecule has 1 aromatic heterocycles. The molecule has 0 aliphatic rings. The SMILES string of the molecule is CCCCCCn1cc[n+](C)c1.O=S(=O)(F)[N-]S(=O)(=O)F. The van der Waals surface area contributed by atoms with Gasteiger partial charge in [-0.15, -0.1) is 7.77 Å². The Bertz CT molecular complexity index is 584. The average Bonchev–Trinajstić information content (AvgIpc) is 2.66. The van der Waals surface area contributed by atoms with E-state index in [1.54, 1.807) is 0 Å². The third kappa shape index (κ3) is 13.7. The van der Waals surface area contributed by atoms with Crippen molar-refractivity contribution < 1.29 is 29.2 Å². The second-order valence-electron chi connectivity index (χ2n) is 4.28. The lowest BCUT2D eigenvalue weighted by atomic mass is 10.2. The molecule has 0 spiro atoms. The molecule has 0 amide bonds. The molecule has 1 rings (SSSR count). The van der Waals surface area contributed by atoms with Crippen LogP contribution in [-0.2, 0) is 34.4 Å². The summed E-state index contributed by atoms with van der Waals surface area (Å²) >= 11 is 0. The molecule has 0 fully saturated rings. The standard InChI is InChI=1S/C10H19N2.F2NO4S2/c1-3-4-5-6-7-12-9-8-11(2)10-12;1-8(4,5)3-9(2,6)7/h8-10H,3-7H2,1-2H3;/q+1;-1. The Kier molecular flexibility index (Phi) is 8.59. The van der Waals surface area contributed by atoms with Crippen molar-refractivity contribution in [2.75, 3.05) is 0 Å². The Morgan fingerprint density at radius 2 is 1.67 bits per heavy atom. The molecule has 0 aliphatic carbocycles. The third-order valence-electron chi connectivity index (χ3n) is 2.27. The van der Waals surface area contributed by atoms with Crippen molar-refractivity contribution >= 4 is 20.8 Å². The number of aromatic nitrogens is 2. The van der Waals surface area contributed by atoms with Gasteiger partial charge in [0.1, 0.15) is 12.4 Å². The van der Waals surface area contributed by atoms with E-state index >= 15 is 0 Å². The molecule has 0 saturated carbocycles. The first-order valence-corrected chi connectivity index (χ1v) is 8.86. The highest BCUT2D eigenvalue weighted by Crippen LogP contribution is 2.11. The average molecular weight is 347 g/mol. The Morgan fingerprint density at radius 3 is 2.00 bits per heavy atom. The van der Waals surface area contributed by atoms with Crippen LogP contribution in [0.2, 0.25) is 0 Å². The molecule has 0 unspecified atom stereocenters. The second-order valence-corrected chi connectivity index (χ2v) is 6.52. The Morgan fingerprint density at radius 1 is 1.10 bits per heavy atom. The van der Waals surface area contributed by atoms with Crippen LogP contribution in [0, 0.1) is 0 Å². The molecule has 7 nitrogen and oxygen atoms in total. The van der Waals surface area contributed by atoms with Gasteiger partial charge in [-0.05, 0) is 12.8 Å². The second kappa shape index (κ2) is 9.05. The van der Waals surface area contributed by atoms with Crippen molar-refractivity contribution in [1.82, 2.24) is 4.57 Å². The van der Waals surface area contributed by atoms with E-state index < -0.39 is 20.8 Å². The minimum Gasteiger partial charge on any atom is -0.379 e. The minimum atomic E-state index is -5.62. The van der Waals surface area contributed by atoms with Gasteiger partial charge in [-0.1, -0.05) is 19.8 Å². The van der Waals surface area contributed by atoms with Gasteiger partial charge in [0.2, 0.25) is 27.1 Å². The number of imidazole rings is 1. The number of aryl methyl sites for hydroxylation is 2. The van der Waals surface area contributed by atoms with Gasteiger partial charge < -0.3 is 4.13 Å². The van der Waals surface area contributed by atoms with Crippen molar-refractivity contribution in [3.8, 4) is 0 Å². The van der Waals surface area contributed by atoms with Gasteiger partial charge in [0.15, 0.2) is 0 Å². The minimum absolute atomic E-state index is 1.15. The molecule has 0 aliphatic heterocycles. The van der Waals surface area contributed by atoms with Crippen molar-refractivity contribution in [3.63, 3.8) is 0 Å². The number of hydrogen-bond donors (Lipinski definition) is 0. The first-order chi connectivity index (χ1) is 9.53. The predicted octanol–water partition coefficient (Wildman–Crippen LogP) is 1.68. The van der Waals surface area contributed by atoms with Crippen LogP contribution in [0.1, 0.15) is 32.6 Å². The van der Waals surface area contributed by atoms with Crippen molar-refractivity contribution in [1.29, 1.82) is 0 Å². The van der Waals surface area contributed by atoms with Gasteiger partial charge in [0.05, 0.1) is 13.6 Å². The van der Waals surface area contributed by atoms with Crippen LogP contribution in [0.4, 0.5) is 7.77 Å². The maximum Gasteiger partial charge on any atom is 0.243 e. The number of unbranched alkanes of at least 4 members (excludes halogenated alkanes) is 3. The zero-order chi connectivity index (χ0) is 16.5. The summed E-state index contributed by atoms with van der Waals surface area (Å²) in [7, 11) is -9.18. The van der Waals surface area contributed by atoms with Crippen LogP contribution in [-0.4, -0.2) is 21.4 Å². The fraction of sp³-hybridized carbons (Fsp3) is 0.700. The summed E-state index contributed by atoms with van der Waals surface area (Å²) in [5.74, 6) is 0. The van der Waals surface area contributed by atoms with E-state index in [4.69, 9.17) is 0 Å². The molecule has 124 valence electrons. The van der Waals surface area contributed by atoms with Crippen LogP contribution in [0.25, 0.3) is 4.13 Å². The lowest BCUT2D eigenvalue weighted by Crippen LogP contribution is -2.23. The van der Waals surface area contributed by atoms with Crippen LogP contribution in [0.3, 0.4) is 0 Å². The lowest BCUT2D eigenvalue weighted by molar-refractivity contribution is -0.671. The van der Waals surface area contributed by atoms with E-state index in [1.807, 2.05) is 0 Å². The Balaban J connectivity index is 0.000000400. The van der Waals surface area contributed by atoms with Gasteiger partial charge in [-0.3, -0.25) is 0 Å². The van der Waals surface area contributed by atoms with Gasteiger partial charge in [-0.25, -0.2) is 26.0 Å². The highest BCUT2D eigenvalue weighted by molar-refractivity contribution is 8.07. The number of nitrogens with zero attached hydrogens (tertiary/aromatic N) is 3. The molecule has 0 aromatic carbocycles. The summed E-state index contributed by atoms with van der Waals surface area (Å²) in [5, 5.41) is 0. The first-order valence-electron chi connectivity index (χ1n) is 6.18. The number of rotatable bonds is 7. The van der Waals surface area contributed by atoms with Crippen LogP contribution >= 0.6 is 0 Å². The molecule has 1 heterocycles. The largest absolute Gasteiger partial charge is 0.379 e. The van der Waals surface area contributed by atoms with E-state index in [2.05, 4.69) is 41.8 Å². The smallest absolute Gasteiger partial charge is 0.243 e. The van der Waals surface area contributed by atoms with E-state index in [0.29, 0.717) is 0 Å². The lowest BCUT2D eigenvalue weighted by Gasteiger charge is -2.03. The summed E-state index contributed by atoms with van der Waals surface area (Å²) in [5.41, 5.74) is 0. The summed E-state index contributed by atoms with van der Waals surface area (Å²) in [6.07, 6.45) is 11.7. The van der Waals surface area contributed by atoms with Crippen molar-refractivity contribution in [3.05, 3.63) is 22.8 Å². The van der Waals surface area contributed by atoms with Crippen LogP contribution in [0.15, 0.2) is 18.7 Å². The molecule has 0 radical (unpaired) electrons. The fourth-order valence-electron chi connectivity index (χ4n) is 1.46. The molecule has 1 aromatic rings. The predicted molar refractivity (Wildman–Crippen MR) is 73.2 cm³/mol. The number of hydrogen-bond acceptors (Lipinski definition) is 4. The monoisotopic (exact) mass is 347 g/mol. The zero-order valence-electron chi connectivity index (χ0n) is 11.8. The molecule has 11 heteroatoms. The molecule has 0 saturated heterocycles. The van der Waals surface area contributed by atoms with E-state index in [9.17, 15) is 24.6 Å². The maximum atomic E-state index is 11.1. The summed E-state index contributed by atoms with van der Waals surface area (Å²) in [6, 6.07) is 0. The summed E-state index contributed by atoms with van der Waals surface area (Å²) in [4.78, 5) is 0. The zero-order valence-corrected chi connectivity index (χ0v) is 13.4. The highest BCUT2D eigenvalue weighted by Gasteiger charge is 2.01.